The molecule has 0 radical (unpaired) electrons. The first-order valence-electron chi connectivity index (χ1n) is 7.22. The van der Waals surface area contributed by atoms with E-state index in [2.05, 4.69) is 25.9 Å². The number of alkyl halides is 3. The Bertz CT molecular complexity index is 966. The van der Waals surface area contributed by atoms with Crippen LogP contribution in [0.15, 0.2) is 35.2 Å². The van der Waals surface area contributed by atoms with Gasteiger partial charge in [0.1, 0.15) is 4.60 Å². The van der Waals surface area contributed by atoms with Crippen molar-refractivity contribution in [2.45, 2.75) is 25.6 Å². The van der Waals surface area contributed by atoms with E-state index >= 15 is 0 Å². The Labute approximate surface area is 149 Å². The van der Waals surface area contributed by atoms with Gasteiger partial charge in [-0.05, 0) is 47.0 Å². The van der Waals surface area contributed by atoms with Gasteiger partial charge in [0, 0.05) is 11.8 Å². The third kappa shape index (κ3) is 2.87. The maximum absolute atomic E-state index is 13.2. The summed E-state index contributed by atoms with van der Waals surface area (Å²) in [5.41, 5.74) is 4.79. The van der Waals surface area contributed by atoms with Crippen molar-refractivity contribution in [1.29, 1.82) is 0 Å². The number of benzene rings is 1. The fourth-order valence-electron chi connectivity index (χ4n) is 2.55. The molecule has 132 valence electrons. The third-order valence-electron chi connectivity index (χ3n) is 4.12. The van der Waals surface area contributed by atoms with Gasteiger partial charge in [-0.2, -0.15) is 13.2 Å². The molecular formula is C16H14BrF3N4O. The van der Waals surface area contributed by atoms with Crippen molar-refractivity contribution in [2.75, 3.05) is 5.73 Å². The molecule has 3 rings (SSSR count). The summed E-state index contributed by atoms with van der Waals surface area (Å²) in [4.78, 5) is 8.23. The molecule has 25 heavy (non-hydrogen) atoms. The highest BCUT2D eigenvalue weighted by Gasteiger charge is 2.51. The van der Waals surface area contributed by atoms with Crippen molar-refractivity contribution in [3.8, 4) is 11.3 Å². The molecular weight excluding hydrogens is 401 g/mol. The molecule has 1 aromatic carbocycles. The second kappa shape index (κ2) is 5.70. The van der Waals surface area contributed by atoms with Gasteiger partial charge in [-0.15, -0.1) is 0 Å². The maximum Gasteiger partial charge on any atom is 0.421 e. The van der Waals surface area contributed by atoms with Crippen LogP contribution in [0.5, 0.6) is 0 Å². The van der Waals surface area contributed by atoms with Crippen LogP contribution >= 0.6 is 15.9 Å². The van der Waals surface area contributed by atoms with Crippen LogP contribution in [-0.4, -0.2) is 25.7 Å². The summed E-state index contributed by atoms with van der Waals surface area (Å²) in [7, 11) is 0. The molecule has 1 unspecified atom stereocenters. The van der Waals surface area contributed by atoms with Crippen LogP contribution in [0.4, 0.5) is 19.0 Å². The number of aromatic nitrogens is 3. The van der Waals surface area contributed by atoms with Gasteiger partial charge in [0.2, 0.25) is 0 Å². The Kier molecular flexibility index (Phi) is 4.03. The molecule has 2 aromatic heterocycles. The van der Waals surface area contributed by atoms with Gasteiger partial charge < -0.3 is 10.8 Å². The highest BCUT2D eigenvalue weighted by atomic mass is 79.9. The smallest absolute Gasteiger partial charge is 0.381 e. The minimum Gasteiger partial charge on any atom is -0.381 e. The molecule has 3 N–H and O–H groups in total. The van der Waals surface area contributed by atoms with Crippen molar-refractivity contribution in [2.24, 2.45) is 0 Å². The van der Waals surface area contributed by atoms with Crippen molar-refractivity contribution in [1.82, 2.24) is 14.4 Å². The summed E-state index contributed by atoms with van der Waals surface area (Å²) >= 11 is 3.24. The van der Waals surface area contributed by atoms with E-state index in [9.17, 15) is 18.3 Å². The maximum atomic E-state index is 13.2. The van der Waals surface area contributed by atoms with E-state index in [-0.39, 0.29) is 11.4 Å². The van der Waals surface area contributed by atoms with Crippen LogP contribution in [0.25, 0.3) is 16.9 Å². The minimum atomic E-state index is -4.80. The van der Waals surface area contributed by atoms with Crippen LogP contribution < -0.4 is 5.73 Å². The fraction of sp³-hybridized carbons (Fsp3) is 0.250. The van der Waals surface area contributed by atoms with E-state index in [0.717, 1.165) is 12.5 Å². The summed E-state index contributed by atoms with van der Waals surface area (Å²) < 4.78 is 41.6. The standard InChI is InChI=1S/C16H14BrF3N4O/c1-8-3-4-9(15(2,25)16(18,19)20)5-10(8)11-6-22-14-13(21)23-12(17)7-24(11)14/h3-7,25H,1-2H3,(H2,21,23). The van der Waals surface area contributed by atoms with Crippen molar-refractivity contribution in [3.05, 3.63) is 46.3 Å². The molecule has 5 nitrogen and oxygen atoms in total. The van der Waals surface area contributed by atoms with Gasteiger partial charge >= 0.3 is 6.18 Å². The number of hydrogen-bond donors (Lipinski definition) is 2. The van der Waals surface area contributed by atoms with Crippen LogP contribution in [0.3, 0.4) is 0 Å². The fourth-order valence-corrected chi connectivity index (χ4v) is 2.94. The number of hydrogen-bond acceptors (Lipinski definition) is 4. The minimum absolute atomic E-state index is 0.191. The Morgan fingerprint density at radius 2 is 1.96 bits per heavy atom. The molecule has 0 amide bonds. The van der Waals surface area contributed by atoms with Gasteiger partial charge in [0.25, 0.3) is 0 Å². The number of rotatable bonds is 2. The number of aryl methyl sites for hydroxylation is 1. The molecule has 0 aliphatic carbocycles. The van der Waals surface area contributed by atoms with E-state index < -0.39 is 11.8 Å². The molecule has 0 aliphatic rings. The summed E-state index contributed by atoms with van der Waals surface area (Å²) in [6, 6.07) is 4.11. The highest BCUT2D eigenvalue weighted by molar-refractivity contribution is 9.10. The molecule has 1 atom stereocenters. The number of aliphatic hydroxyl groups is 1. The number of nitrogens with zero attached hydrogens (tertiary/aromatic N) is 3. The number of nitrogen functional groups attached to an aromatic ring is 1. The van der Waals surface area contributed by atoms with E-state index in [4.69, 9.17) is 5.73 Å². The quantitative estimate of drug-likeness (QED) is 0.668. The predicted octanol–water partition coefficient (Wildman–Crippen LogP) is 3.82. The molecule has 0 bridgehead atoms. The third-order valence-corrected chi connectivity index (χ3v) is 4.50. The van der Waals surface area contributed by atoms with Crippen molar-refractivity contribution in [3.63, 3.8) is 0 Å². The first-order valence-corrected chi connectivity index (χ1v) is 8.01. The van der Waals surface area contributed by atoms with E-state index in [1.807, 2.05) is 0 Å². The monoisotopic (exact) mass is 414 g/mol. The van der Waals surface area contributed by atoms with E-state index in [1.54, 1.807) is 17.5 Å². The Hall–Kier alpha value is -2.13. The van der Waals surface area contributed by atoms with E-state index in [0.29, 0.717) is 21.5 Å². The lowest BCUT2D eigenvalue weighted by molar-refractivity contribution is -0.258. The summed E-state index contributed by atoms with van der Waals surface area (Å²) in [6.45, 7) is 2.49. The zero-order chi connectivity index (χ0) is 18.6. The summed E-state index contributed by atoms with van der Waals surface area (Å²) in [5.74, 6) is 0.191. The number of fused-ring (bicyclic) bond motifs is 1. The largest absolute Gasteiger partial charge is 0.421 e. The van der Waals surface area contributed by atoms with Crippen molar-refractivity contribution >= 4 is 27.4 Å². The van der Waals surface area contributed by atoms with Gasteiger partial charge in [0.15, 0.2) is 17.1 Å². The molecule has 0 fully saturated rings. The van der Waals surface area contributed by atoms with Gasteiger partial charge in [-0.1, -0.05) is 12.1 Å². The number of nitrogens with two attached hydrogens (primary N) is 1. The predicted molar refractivity (Wildman–Crippen MR) is 90.9 cm³/mol. The molecule has 0 aliphatic heterocycles. The van der Waals surface area contributed by atoms with Crippen LogP contribution in [0.1, 0.15) is 18.1 Å². The van der Waals surface area contributed by atoms with Crippen molar-refractivity contribution < 1.29 is 18.3 Å². The Morgan fingerprint density at radius 1 is 1.28 bits per heavy atom. The summed E-state index contributed by atoms with van der Waals surface area (Å²) in [5, 5.41) is 9.95. The average molecular weight is 415 g/mol. The average Bonchev–Trinajstić information content (AvgIpc) is 2.90. The first kappa shape index (κ1) is 17.7. The Morgan fingerprint density at radius 3 is 2.60 bits per heavy atom. The van der Waals surface area contributed by atoms with Gasteiger partial charge in [-0.3, -0.25) is 4.40 Å². The van der Waals surface area contributed by atoms with Crippen LogP contribution in [0, 0.1) is 6.92 Å². The molecule has 2 heterocycles. The lowest BCUT2D eigenvalue weighted by atomic mass is 9.91. The lowest BCUT2D eigenvalue weighted by Crippen LogP contribution is -2.39. The lowest BCUT2D eigenvalue weighted by Gasteiger charge is -2.27. The van der Waals surface area contributed by atoms with Gasteiger partial charge in [-0.25, -0.2) is 9.97 Å². The number of anilines is 1. The number of imidazole rings is 1. The molecule has 0 saturated heterocycles. The van der Waals surface area contributed by atoms with Crippen LogP contribution in [0.2, 0.25) is 0 Å². The second-order valence-corrected chi connectivity index (χ2v) is 6.70. The zero-order valence-corrected chi connectivity index (χ0v) is 14.9. The SMILES string of the molecule is Cc1ccc(C(C)(O)C(F)(F)F)cc1-c1cnc2c(N)nc(Br)cn12. The van der Waals surface area contributed by atoms with E-state index in [1.165, 1.54) is 24.4 Å². The van der Waals surface area contributed by atoms with Crippen LogP contribution in [-0.2, 0) is 5.60 Å². The van der Waals surface area contributed by atoms with Gasteiger partial charge in [0.05, 0.1) is 11.9 Å². The number of halogens is 4. The first-order chi connectivity index (χ1) is 11.5. The second-order valence-electron chi connectivity index (χ2n) is 5.89. The normalized spacial score (nSPS) is 14.7. The highest BCUT2D eigenvalue weighted by Crippen LogP contribution is 2.40. The molecule has 0 saturated carbocycles. The molecule has 0 spiro atoms. The summed E-state index contributed by atoms with van der Waals surface area (Å²) in [6.07, 6.45) is -1.66. The topological polar surface area (TPSA) is 76.4 Å². The molecule has 9 heteroatoms. The molecule has 3 aromatic rings. The Balaban J connectivity index is 2.24. The zero-order valence-electron chi connectivity index (χ0n) is 13.3.